The van der Waals surface area contributed by atoms with Gasteiger partial charge >= 0.3 is 5.97 Å². The highest BCUT2D eigenvalue weighted by Crippen LogP contribution is 2.23. The van der Waals surface area contributed by atoms with Crippen LogP contribution in [0, 0.1) is 0 Å². The van der Waals surface area contributed by atoms with Crippen LogP contribution in [0.25, 0.3) is 0 Å². The number of nitrogens with zero attached hydrogens (tertiary/aromatic N) is 1. The molecule has 1 aliphatic rings. The molecule has 0 spiro atoms. The lowest BCUT2D eigenvalue weighted by atomic mass is 10.2. The van der Waals surface area contributed by atoms with Crippen LogP contribution in [0.2, 0.25) is 0 Å². The molecule has 126 valence electrons. The fourth-order valence-electron chi connectivity index (χ4n) is 2.71. The Balaban J connectivity index is 1.48. The van der Waals surface area contributed by atoms with Crippen LogP contribution in [-0.2, 0) is 9.53 Å². The van der Waals surface area contributed by atoms with Gasteiger partial charge in [-0.3, -0.25) is 4.79 Å². The highest BCUT2D eigenvalue weighted by atomic mass is 32.1. The maximum Gasteiger partial charge on any atom is 0.328 e. The minimum Gasteiger partial charge on any atom is -0.490 e. The number of likely N-dealkylation sites (tertiary alicyclic amines) is 1. The van der Waals surface area contributed by atoms with E-state index in [9.17, 15) is 9.59 Å². The van der Waals surface area contributed by atoms with Crippen molar-refractivity contribution in [3.05, 3.63) is 52.7 Å². The lowest BCUT2D eigenvalue weighted by Gasteiger charge is -2.22. The maximum absolute atomic E-state index is 12.4. The molecule has 1 fully saturated rings. The van der Waals surface area contributed by atoms with E-state index in [1.165, 1.54) is 11.3 Å². The largest absolute Gasteiger partial charge is 0.490 e. The first-order valence-electron chi connectivity index (χ1n) is 7.94. The summed E-state index contributed by atoms with van der Waals surface area (Å²) in [5.74, 6) is 0.294. The Morgan fingerprint density at radius 2 is 1.96 bits per heavy atom. The van der Waals surface area contributed by atoms with E-state index < -0.39 is 6.04 Å². The molecular formula is C18H19NO4S. The van der Waals surface area contributed by atoms with Crippen molar-refractivity contribution in [3.8, 4) is 5.75 Å². The number of hydrogen-bond acceptors (Lipinski definition) is 5. The summed E-state index contributed by atoms with van der Waals surface area (Å²) in [5.41, 5.74) is 0. The topological polar surface area (TPSA) is 55.8 Å². The number of carbonyl (C=O) groups excluding carboxylic acids is 2. The van der Waals surface area contributed by atoms with Crippen molar-refractivity contribution in [1.82, 2.24) is 4.90 Å². The van der Waals surface area contributed by atoms with Gasteiger partial charge < -0.3 is 14.4 Å². The van der Waals surface area contributed by atoms with Gasteiger partial charge in [0.05, 0.1) is 4.88 Å². The van der Waals surface area contributed by atoms with E-state index in [1.54, 1.807) is 11.0 Å². The van der Waals surface area contributed by atoms with Gasteiger partial charge in [-0.1, -0.05) is 24.3 Å². The van der Waals surface area contributed by atoms with Crippen molar-refractivity contribution in [2.45, 2.75) is 18.9 Å². The summed E-state index contributed by atoms with van der Waals surface area (Å²) in [6.45, 7) is 1.06. The summed E-state index contributed by atoms with van der Waals surface area (Å²) in [6, 6.07) is 12.5. The highest BCUT2D eigenvalue weighted by molar-refractivity contribution is 7.12. The van der Waals surface area contributed by atoms with Crippen molar-refractivity contribution in [1.29, 1.82) is 0 Å². The van der Waals surface area contributed by atoms with Gasteiger partial charge in [-0.2, -0.15) is 0 Å². The molecule has 24 heavy (non-hydrogen) atoms. The molecule has 0 aliphatic carbocycles. The second-order valence-electron chi connectivity index (χ2n) is 5.46. The number of ether oxygens (including phenoxy) is 2. The van der Waals surface area contributed by atoms with Crippen LogP contribution in [0.1, 0.15) is 22.5 Å². The predicted octanol–water partition coefficient (Wildman–Crippen LogP) is 2.97. The van der Waals surface area contributed by atoms with Crippen LogP contribution in [0.15, 0.2) is 47.8 Å². The molecule has 0 saturated carbocycles. The van der Waals surface area contributed by atoms with Crippen LogP contribution >= 0.6 is 11.3 Å². The Hall–Kier alpha value is -2.34. The van der Waals surface area contributed by atoms with Crippen molar-refractivity contribution < 1.29 is 19.1 Å². The average molecular weight is 345 g/mol. The SMILES string of the molecule is O=C(OCCOc1ccccc1)C1CCCN1C(=O)c1cccs1. The van der Waals surface area contributed by atoms with Gasteiger partial charge in [-0.05, 0) is 36.4 Å². The van der Waals surface area contributed by atoms with E-state index in [1.807, 2.05) is 41.8 Å². The summed E-state index contributed by atoms with van der Waals surface area (Å²) in [5, 5.41) is 1.86. The number of hydrogen-bond donors (Lipinski definition) is 0. The standard InChI is InChI=1S/C18H19NO4S/c20-17(16-9-5-13-24-16)19-10-4-8-15(19)18(21)23-12-11-22-14-6-2-1-3-7-14/h1-3,5-7,9,13,15H,4,8,10-12H2. The van der Waals surface area contributed by atoms with Gasteiger partial charge in [0.25, 0.3) is 5.91 Å². The third-order valence-corrected chi connectivity index (χ3v) is 4.72. The molecular weight excluding hydrogens is 326 g/mol. The fraction of sp³-hybridized carbons (Fsp3) is 0.333. The van der Waals surface area contributed by atoms with Crippen LogP contribution < -0.4 is 4.74 Å². The summed E-state index contributed by atoms with van der Waals surface area (Å²) in [4.78, 5) is 27.0. The molecule has 6 heteroatoms. The minimum atomic E-state index is -0.490. The van der Waals surface area contributed by atoms with Crippen molar-refractivity contribution in [2.75, 3.05) is 19.8 Å². The third kappa shape index (κ3) is 3.94. The normalized spacial score (nSPS) is 16.8. The molecule has 2 heterocycles. The Morgan fingerprint density at radius 3 is 2.71 bits per heavy atom. The van der Waals surface area contributed by atoms with E-state index in [0.29, 0.717) is 24.4 Å². The molecule has 1 amide bonds. The number of thiophene rings is 1. The second kappa shape index (κ2) is 7.97. The minimum absolute atomic E-state index is 0.0926. The summed E-state index contributed by atoms with van der Waals surface area (Å²) >= 11 is 1.39. The first kappa shape index (κ1) is 16.5. The van der Waals surface area contributed by atoms with E-state index >= 15 is 0 Å². The number of carbonyl (C=O) groups is 2. The quantitative estimate of drug-likeness (QED) is 0.597. The van der Waals surface area contributed by atoms with E-state index in [4.69, 9.17) is 9.47 Å². The van der Waals surface area contributed by atoms with Gasteiger partial charge in [0.15, 0.2) is 0 Å². The lowest BCUT2D eigenvalue weighted by Crippen LogP contribution is -2.41. The highest BCUT2D eigenvalue weighted by Gasteiger charge is 2.35. The Bertz CT molecular complexity index is 672. The molecule has 0 radical (unpaired) electrons. The molecule has 0 bridgehead atoms. The number of rotatable bonds is 6. The van der Waals surface area contributed by atoms with Gasteiger partial charge in [-0.15, -0.1) is 11.3 Å². The number of esters is 1. The zero-order valence-electron chi connectivity index (χ0n) is 13.2. The fourth-order valence-corrected chi connectivity index (χ4v) is 3.39. The molecule has 1 aliphatic heterocycles. The van der Waals surface area contributed by atoms with Gasteiger partial charge in [0, 0.05) is 6.54 Å². The average Bonchev–Trinajstić information content (AvgIpc) is 3.30. The Kier molecular flexibility index (Phi) is 5.48. The first-order chi connectivity index (χ1) is 11.8. The predicted molar refractivity (Wildman–Crippen MR) is 91.3 cm³/mol. The third-order valence-electron chi connectivity index (χ3n) is 3.86. The van der Waals surface area contributed by atoms with Crippen LogP contribution in [-0.4, -0.2) is 42.6 Å². The van der Waals surface area contributed by atoms with E-state index in [0.717, 1.165) is 12.2 Å². The molecule has 1 aromatic carbocycles. The summed E-state index contributed by atoms with van der Waals surface area (Å²) in [6.07, 6.45) is 1.47. The number of amides is 1. The van der Waals surface area contributed by atoms with Crippen LogP contribution in [0.3, 0.4) is 0 Å². The molecule has 1 unspecified atom stereocenters. The van der Waals surface area contributed by atoms with Gasteiger partial charge in [-0.25, -0.2) is 4.79 Å². The van der Waals surface area contributed by atoms with Crippen LogP contribution in [0.4, 0.5) is 0 Å². The molecule has 0 N–H and O–H groups in total. The number of para-hydroxylation sites is 1. The smallest absolute Gasteiger partial charge is 0.328 e. The van der Waals surface area contributed by atoms with Crippen LogP contribution in [0.5, 0.6) is 5.75 Å². The maximum atomic E-state index is 12.4. The van der Waals surface area contributed by atoms with Gasteiger partial charge in [0.1, 0.15) is 25.0 Å². The molecule has 2 aromatic rings. The van der Waals surface area contributed by atoms with Crippen molar-refractivity contribution >= 4 is 23.2 Å². The molecule has 1 atom stereocenters. The zero-order chi connectivity index (χ0) is 16.8. The van der Waals surface area contributed by atoms with E-state index in [-0.39, 0.29) is 18.5 Å². The van der Waals surface area contributed by atoms with Crippen molar-refractivity contribution in [2.24, 2.45) is 0 Å². The molecule has 1 saturated heterocycles. The summed E-state index contributed by atoms with van der Waals surface area (Å²) < 4.78 is 10.8. The molecule has 3 rings (SSSR count). The first-order valence-corrected chi connectivity index (χ1v) is 8.82. The lowest BCUT2D eigenvalue weighted by molar-refractivity contribution is -0.148. The Morgan fingerprint density at radius 1 is 1.12 bits per heavy atom. The molecule has 1 aromatic heterocycles. The van der Waals surface area contributed by atoms with E-state index in [2.05, 4.69) is 0 Å². The molecule has 5 nitrogen and oxygen atoms in total. The zero-order valence-corrected chi connectivity index (χ0v) is 14.0. The monoisotopic (exact) mass is 345 g/mol. The number of benzene rings is 1. The van der Waals surface area contributed by atoms with Crippen molar-refractivity contribution in [3.63, 3.8) is 0 Å². The van der Waals surface area contributed by atoms with Gasteiger partial charge in [0.2, 0.25) is 0 Å². The summed E-state index contributed by atoms with van der Waals surface area (Å²) in [7, 11) is 0. The second-order valence-corrected chi connectivity index (χ2v) is 6.41. The Labute approximate surface area is 144 Å².